The summed E-state index contributed by atoms with van der Waals surface area (Å²) < 4.78 is 12.9. The van der Waals surface area contributed by atoms with Gasteiger partial charge in [0.25, 0.3) is 0 Å². The van der Waals surface area contributed by atoms with Crippen LogP contribution in [0.4, 0.5) is 0 Å². The first-order valence-electron chi connectivity index (χ1n) is 5.98. The fourth-order valence-electron chi connectivity index (χ4n) is 1.77. The highest BCUT2D eigenvalue weighted by Gasteiger charge is 2.06. The number of aryl methyl sites for hydroxylation is 1. The Kier molecular flexibility index (Phi) is 4.18. The van der Waals surface area contributed by atoms with Crippen LogP contribution in [0.3, 0.4) is 0 Å². The Hall–Kier alpha value is -2.30. The summed E-state index contributed by atoms with van der Waals surface area (Å²) in [5.41, 5.74) is 0.564. The molecule has 0 fully saturated rings. The molecule has 0 bridgehead atoms. The molecule has 100 valence electrons. The van der Waals surface area contributed by atoms with Crippen molar-refractivity contribution in [1.82, 2.24) is 9.55 Å². The summed E-state index contributed by atoms with van der Waals surface area (Å²) in [4.78, 5) is 14.9. The number of aromatic nitrogens is 2. The number of methoxy groups -OCH3 is 1. The van der Waals surface area contributed by atoms with Crippen molar-refractivity contribution >= 4 is 6.29 Å². The predicted molar refractivity (Wildman–Crippen MR) is 70.8 cm³/mol. The van der Waals surface area contributed by atoms with Gasteiger partial charge >= 0.3 is 0 Å². The minimum atomic E-state index is 0.482. The van der Waals surface area contributed by atoms with Gasteiger partial charge < -0.3 is 14.0 Å². The highest BCUT2D eigenvalue weighted by atomic mass is 16.5. The Balaban J connectivity index is 2.02. The lowest BCUT2D eigenvalue weighted by Gasteiger charge is -2.11. The van der Waals surface area contributed by atoms with Crippen molar-refractivity contribution in [3.8, 4) is 11.5 Å². The van der Waals surface area contributed by atoms with E-state index < -0.39 is 0 Å². The first kappa shape index (κ1) is 13.1. The van der Waals surface area contributed by atoms with Crippen molar-refractivity contribution in [2.24, 2.45) is 0 Å². The van der Waals surface area contributed by atoms with Gasteiger partial charge in [0.1, 0.15) is 18.7 Å². The number of rotatable bonds is 6. The van der Waals surface area contributed by atoms with Crippen LogP contribution in [0.5, 0.6) is 11.5 Å². The number of benzene rings is 1. The molecule has 2 aromatic rings. The van der Waals surface area contributed by atoms with E-state index >= 15 is 0 Å². The SMILES string of the molecule is COc1ccc(C=O)cc1OCCn1ccnc1C. The molecule has 0 aliphatic carbocycles. The monoisotopic (exact) mass is 260 g/mol. The average Bonchev–Trinajstić information content (AvgIpc) is 2.84. The standard InChI is InChI=1S/C14H16N2O3/c1-11-15-5-6-16(11)7-8-19-14-9-12(10-17)3-4-13(14)18-2/h3-6,9-10H,7-8H2,1-2H3. The van der Waals surface area contributed by atoms with E-state index in [2.05, 4.69) is 4.98 Å². The molecule has 1 aromatic carbocycles. The second-order valence-electron chi connectivity index (χ2n) is 4.04. The smallest absolute Gasteiger partial charge is 0.161 e. The van der Waals surface area contributed by atoms with Crippen molar-refractivity contribution in [3.63, 3.8) is 0 Å². The fraction of sp³-hybridized carbons (Fsp3) is 0.286. The molecule has 1 heterocycles. The van der Waals surface area contributed by atoms with Crippen LogP contribution in [0.2, 0.25) is 0 Å². The molecule has 0 radical (unpaired) electrons. The molecule has 0 saturated heterocycles. The van der Waals surface area contributed by atoms with E-state index in [9.17, 15) is 4.79 Å². The van der Waals surface area contributed by atoms with Gasteiger partial charge in [-0.3, -0.25) is 4.79 Å². The van der Waals surface area contributed by atoms with Crippen LogP contribution in [-0.2, 0) is 6.54 Å². The quantitative estimate of drug-likeness (QED) is 0.746. The summed E-state index contributed by atoms with van der Waals surface area (Å²) in [6, 6.07) is 5.09. The molecule has 0 aliphatic rings. The normalized spacial score (nSPS) is 10.2. The van der Waals surface area contributed by atoms with Crippen molar-refractivity contribution in [3.05, 3.63) is 42.0 Å². The van der Waals surface area contributed by atoms with E-state index in [1.165, 1.54) is 0 Å². The molecule has 0 aliphatic heterocycles. The Morgan fingerprint density at radius 2 is 2.21 bits per heavy atom. The summed E-state index contributed by atoms with van der Waals surface area (Å²) in [5, 5.41) is 0. The summed E-state index contributed by atoms with van der Waals surface area (Å²) in [6.07, 6.45) is 4.44. The molecule has 0 amide bonds. The van der Waals surface area contributed by atoms with Gasteiger partial charge in [-0.05, 0) is 25.1 Å². The zero-order valence-electron chi connectivity index (χ0n) is 11.0. The van der Waals surface area contributed by atoms with Gasteiger partial charge in [-0.2, -0.15) is 0 Å². The third kappa shape index (κ3) is 3.13. The van der Waals surface area contributed by atoms with E-state index in [1.54, 1.807) is 31.5 Å². The van der Waals surface area contributed by atoms with E-state index in [-0.39, 0.29) is 0 Å². The van der Waals surface area contributed by atoms with E-state index in [0.717, 1.165) is 12.1 Å². The van der Waals surface area contributed by atoms with Gasteiger partial charge in [-0.15, -0.1) is 0 Å². The molecule has 1 aromatic heterocycles. The Bertz CT molecular complexity index is 564. The molecular formula is C14H16N2O3. The topological polar surface area (TPSA) is 53.4 Å². The Morgan fingerprint density at radius 1 is 1.37 bits per heavy atom. The minimum Gasteiger partial charge on any atom is -0.493 e. The number of aldehydes is 1. The van der Waals surface area contributed by atoms with Crippen LogP contribution in [0.1, 0.15) is 16.2 Å². The van der Waals surface area contributed by atoms with Crippen molar-refractivity contribution in [1.29, 1.82) is 0 Å². The first-order chi connectivity index (χ1) is 9.24. The van der Waals surface area contributed by atoms with Crippen LogP contribution in [-0.4, -0.2) is 29.6 Å². The van der Waals surface area contributed by atoms with Crippen molar-refractivity contribution in [2.45, 2.75) is 13.5 Å². The number of hydrogen-bond acceptors (Lipinski definition) is 4. The highest BCUT2D eigenvalue weighted by Crippen LogP contribution is 2.27. The maximum atomic E-state index is 10.8. The lowest BCUT2D eigenvalue weighted by atomic mass is 10.2. The number of imidazole rings is 1. The Morgan fingerprint density at radius 3 is 2.84 bits per heavy atom. The van der Waals surface area contributed by atoms with Gasteiger partial charge in [0, 0.05) is 18.0 Å². The van der Waals surface area contributed by atoms with Crippen LogP contribution in [0.15, 0.2) is 30.6 Å². The molecular weight excluding hydrogens is 244 g/mol. The molecule has 5 heteroatoms. The number of hydrogen-bond donors (Lipinski definition) is 0. The summed E-state index contributed by atoms with van der Waals surface area (Å²) >= 11 is 0. The minimum absolute atomic E-state index is 0.482. The van der Waals surface area contributed by atoms with E-state index in [1.807, 2.05) is 17.7 Å². The third-order valence-electron chi connectivity index (χ3n) is 2.84. The molecule has 0 saturated carbocycles. The summed E-state index contributed by atoms with van der Waals surface area (Å²) in [5.74, 6) is 2.13. The molecule has 0 spiro atoms. The predicted octanol–water partition coefficient (Wildman–Crippen LogP) is 2.09. The van der Waals surface area contributed by atoms with E-state index in [4.69, 9.17) is 9.47 Å². The van der Waals surface area contributed by atoms with Gasteiger partial charge in [-0.25, -0.2) is 4.98 Å². The summed E-state index contributed by atoms with van der Waals surface area (Å²) in [7, 11) is 1.57. The molecule has 2 rings (SSSR count). The lowest BCUT2D eigenvalue weighted by molar-refractivity contribution is 0.112. The average molecular weight is 260 g/mol. The Labute approximate surface area is 111 Å². The zero-order valence-corrected chi connectivity index (χ0v) is 11.0. The van der Waals surface area contributed by atoms with Crippen LogP contribution >= 0.6 is 0 Å². The molecule has 5 nitrogen and oxygen atoms in total. The maximum Gasteiger partial charge on any atom is 0.161 e. The third-order valence-corrected chi connectivity index (χ3v) is 2.84. The van der Waals surface area contributed by atoms with Gasteiger partial charge in [0.05, 0.1) is 13.7 Å². The summed E-state index contributed by atoms with van der Waals surface area (Å²) in [6.45, 7) is 3.11. The van der Waals surface area contributed by atoms with E-state index in [0.29, 0.717) is 30.2 Å². The van der Waals surface area contributed by atoms with Crippen LogP contribution in [0.25, 0.3) is 0 Å². The molecule has 19 heavy (non-hydrogen) atoms. The second-order valence-corrected chi connectivity index (χ2v) is 4.04. The zero-order chi connectivity index (χ0) is 13.7. The number of carbonyl (C=O) groups is 1. The molecule has 0 unspecified atom stereocenters. The first-order valence-corrected chi connectivity index (χ1v) is 5.98. The van der Waals surface area contributed by atoms with Gasteiger partial charge in [0.15, 0.2) is 11.5 Å². The number of carbonyl (C=O) groups excluding carboxylic acids is 1. The number of ether oxygens (including phenoxy) is 2. The van der Waals surface area contributed by atoms with Gasteiger partial charge in [0.2, 0.25) is 0 Å². The number of nitrogens with zero attached hydrogens (tertiary/aromatic N) is 2. The highest BCUT2D eigenvalue weighted by molar-refractivity contribution is 5.76. The maximum absolute atomic E-state index is 10.8. The fourth-order valence-corrected chi connectivity index (χ4v) is 1.77. The molecule has 0 N–H and O–H groups in total. The second kappa shape index (κ2) is 6.04. The van der Waals surface area contributed by atoms with Crippen LogP contribution < -0.4 is 9.47 Å². The molecule has 0 atom stereocenters. The van der Waals surface area contributed by atoms with Crippen LogP contribution in [0, 0.1) is 6.92 Å². The lowest BCUT2D eigenvalue weighted by Crippen LogP contribution is -2.09. The van der Waals surface area contributed by atoms with Gasteiger partial charge in [-0.1, -0.05) is 0 Å². The van der Waals surface area contributed by atoms with Crippen molar-refractivity contribution in [2.75, 3.05) is 13.7 Å². The van der Waals surface area contributed by atoms with Crippen molar-refractivity contribution < 1.29 is 14.3 Å². The largest absolute Gasteiger partial charge is 0.493 e.